The molecule has 0 aliphatic carbocycles. The Morgan fingerprint density at radius 3 is 1.95 bits per heavy atom. The Morgan fingerprint density at radius 1 is 1.00 bits per heavy atom. The lowest BCUT2D eigenvalue weighted by Gasteiger charge is -2.30. The van der Waals surface area contributed by atoms with Gasteiger partial charge < -0.3 is 5.11 Å². The van der Waals surface area contributed by atoms with Gasteiger partial charge in [-0.25, -0.2) is 0 Å². The second-order valence-electron chi connectivity index (χ2n) is 9.49. The van der Waals surface area contributed by atoms with Crippen LogP contribution in [0.2, 0.25) is 0 Å². The highest BCUT2D eigenvalue weighted by atomic mass is 16.4. The molecule has 0 bridgehead atoms. The summed E-state index contributed by atoms with van der Waals surface area (Å²) >= 11 is 0. The standard InChI is InChI=1S/C20H40O2/c1-9-12-20(7,8)13-15(2)10-11-17(18(21)22)16(3)14-19(4,5)6/h15-17H,9-14H2,1-8H3,(H,21,22). The second kappa shape index (κ2) is 8.93. The van der Waals surface area contributed by atoms with Gasteiger partial charge in [0.05, 0.1) is 5.92 Å². The van der Waals surface area contributed by atoms with Crippen molar-refractivity contribution < 1.29 is 9.90 Å². The first kappa shape index (κ1) is 21.5. The number of carboxylic acids is 1. The maximum Gasteiger partial charge on any atom is 0.306 e. The highest BCUT2D eigenvalue weighted by Crippen LogP contribution is 2.35. The molecule has 0 spiro atoms. The average molecular weight is 313 g/mol. The molecule has 2 nitrogen and oxygen atoms in total. The number of carbonyl (C=O) groups is 1. The minimum atomic E-state index is -0.614. The lowest BCUT2D eigenvalue weighted by atomic mass is 9.75. The van der Waals surface area contributed by atoms with Crippen molar-refractivity contribution in [3.63, 3.8) is 0 Å². The van der Waals surface area contributed by atoms with Crippen LogP contribution in [0.25, 0.3) is 0 Å². The van der Waals surface area contributed by atoms with Crippen molar-refractivity contribution in [1.82, 2.24) is 0 Å². The number of hydrogen-bond donors (Lipinski definition) is 1. The van der Waals surface area contributed by atoms with E-state index in [1.54, 1.807) is 0 Å². The van der Waals surface area contributed by atoms with Gasteiger partial charge in [0, 0.05) is 0 Å². The summed E-state index contributed by atoms with van der Waals surface area (Å²) < 4.78 is 0. The van der Waals surface area contributed by atoms with E-state index >= 15 is 0 Å². The first-order valence-corrected chi connectivity index (χ1v) is 9.11. The van der Waals surface area contributed by atoms with Crippen LogP contribution in [0.5, 0.6) is 0 Å². The fraction of sp³-hybridized carbons (Fsp3) is 0.950. The summed E-state index contributed by atoms with van der Waals surface area (Å²) in [6.45, 7) is 17.9. The molecule has 3 unspecified atom stereocenters. The van der Waals surface area contributed by atoms with Crippen molar-refractivity contribution in [2.45, 2.75) is 93.9 Å². The van der Waals surface area contributed by atoms with Crippen LogP contribution in [0.1, 0.15) is 93.9 Å². The van der Waals surface area contributed by atoms with Gasteiger partial charge in [0.25, 0.3) is 0 Å². The normalized spacial score (nSPS) is 17.1. The average Bonchev–Trinajstić information content (AvgIpc) is 2.24. The van der Waals surface area contributed by atoms with Crippen LogP contribution >= 0.6 is 0 Å². The van der Waals surface area contributed by atoms with Crippen LogP contribution in [0, 0.1) is 28.6 Å². The molecule has 0 fully saturated rings. The maximum atomic E-state index is 11.6. The molecule has 0 saturated heterocycles. The van der Waals surface area contributed by atoms with Gasteiger partial charge in [-0.05, 0) is 54.8 Å². The third-order valence-electron chi connectivity index (χ3n) is 4.74. The summed E-state index contributed by atoms with van der Waals surface area (Å²) in [5.74, 6) is 0.0336. The summed E-state index contributed by atoms with van der Waals surface area (Å²) in [6.07, 6.45) is 6.48. The summed E-state index contributed by atoms with van der Waals surface area (Å²) in [7, 11) is 0. The molecule has 0 aromatic rings. The van der Waals surface area contributed by atoms with Crippen LogP contribution in [0.15, 0.2) is 0 Å². The Balaban J connectivity index is 4.50. The largest absolute Gasteiger partial charge is 0.481 e. The van der Waals surface area contributed by atoms with E-state index in [9.17, 15) is 9.90 Å². The topological polar surface area (TPSA) is 37.3 Å². The molecule has 0 saturated carbocycles. The molecule has 0 radical (unpaired) electrons. The quantitative estimate of drug-likeness (QED) is 0.507. The van der Waals surface area contributed by atoms with Gasteiger partial charge in [-0.2, -0.15) is 0 Å². The van der Waals surface area contributed by atoms with Crippen molar-refractivity contribution >= 4 is 5.97 Å². The van der Waals surface area contributed by atoms with E-state index in [4.69, 9.17) is 0 Å². The predicted molar refractivity (Wildman–Crippen MR) is 96.1 cm³/mol. The fourth-order valence-electron chi connectivity index (χ4n) is 4.05. The molecule has 3 atom stereocenters. The third-order valence-corrected chi connectivity index (χ3v) is 4.74. The summed E-state index contributed by atoms with van der Waals surface area (Å²) in [4.78, 5) is 11.6. The van der Waals surface area contributed by atoms with Crippen LogP contribution < -0.4 is 0 Å². The van der Waals surface area contributed by atoms with Crippen molar-refractivity contribution in [1.29, 1.82) is 0 Å². The minimum absolute atomic E-state index is 0.196. The van der Waals surface area contributed by atoms with E-state index in [1.807, 2.05) is 0 Å². The highest BCUT2D eigenvalue weighted by Gasteiger charge is 2.29. The summed E-state index contributed by atoms with van der Waals surface area (Å²) in [5.41, 5.74) is 0.575. The van der Waals surface area contributed by atoms with E-state index < -0.39 is 5.97 Å². The van der Waals surface area contributed by atoms with Crippen molar-refractivity contribution in [3.05, 3.63) is 0 Å². The Bertz CT molecular complexity index is 325. The van der Waals surface area contributed by atoms with E-state index in [0.717, 1.165) is 19.3 Å². The first-order valence-electron chi connectivity index (χ1n) is 9.11. The smallest absolute Gasteiger partial charge is 0.306 e. The molecule has 0 rings (SSSR count). The van der Waals surface area contributed by atoms with Crippen LogP contribution in [0.4, 0.5) is 0 Å². The molecule has 2 heteroatoms. The number of hydrogen-bond acceptors (Lipinski definition) is 1. The molecular formula is C20H40O2. The number of aliphatic carboxylic acids is 1. The van der Waals surface area contributed by atoms with E-state index in [-0.39, 0.29) is 17.3 Å². The predicted octanol–water partition coefficient (Wildman–Crippen LogP) is 6.39. The molecule has 0 heterocycles. The lowest BCUT2D eigenvalue weighted by Crippen LogP contribution is -2.26. The molecule has 0 aromatic carbocycles. The molecular weight excluding hydrogens is 272 g/mol. The number of rotatable bonds is 10. The zero-order chi connectivity index (χ0) is 17.6. The molecule has 0 amide bonds. The molecule has 132 valence electrons. The van der Waals surface area contributed by atoms with Gasteiger partial charge in [0.2, 0.25) is 0 Å². The molecule has 0 aliphatic rings. The van der Waals surface area contributed by atoms with Crippen molar-refractivity contribution in [3.8, 4) is 0 Å². The van der Waals surface area contributed by atoms with Gasteiger partial charge >= 0.3 is 5.97 Å². The molecule has 1 N–H and O–H groups in total. The minimum Gasteiger partial charge on any atom is -0.481 e. The van der Waals surface area contributed by atoms with Gasteiger partial charge in [-0.15, -0.1) is 0 Å². The van der Waals surface area contributed by atoms with Gasteiger partial charge in [-0.3, -0.25) is 4.79 Å². The summed E-state index contributed by atoms with van der Waals surface area (Å²) in [6, 6.07) is 0. The van der Waals surface area contributed by atoms with Gasteiger partial charge in [0.15, 0.2) is 0 Å². The molecule has 0 aromatic heterocycles. The van der Waals surface area contributed by atoms with Crippen LogP contribution in [-0.2, 0) is 4.79 Å². The SMILES string of the molecule is CCCC(C)(C)CC(C)CCC(C(=O)O)C(C)CC(C)(C)C. The van der Waals surface area contributed by atoms with E-state index in [0.29, 0.717) is 11.3 Å². The van der Waals surface area contributed by atoms with E-state index in [2.05, 4.69) is 55.4 Å². The molecule has 0 aliphatic heterocycles. The van der Waals surface area contributed by atoms with Crippen molar-refractivity contribution in [2.75, 3.05) is 0 Å². The van der Waals surface area contributed by atoms with Crippen molar-refractivity contribution in [2.24, 2.45) is 28.6 Å². The Kier molecular flexibility index (Phi) is 8.72. The van der Waals surface area contributed by atoms with Crippen LogP contribution in [0.3, 0.4) is 0 Å². The molecule has 22 heavy (non-hydrogen) atoms. The highest BCUT2D eigenvalue weighted by molar-refractivity contribution is 5.70. The zero-order valence-corrected chi connectivity index (χ0v) is 16.3. The zero-order valence-electron chi connectivity index (χ0n) is 16.3. The maximum absolute atomic E-state index is 11.6. The van der Waals surface area contributed by atoms with Gasteiger partial charge in [-0.1, -0.05) is 61.8 Å². The second-order valence-corrected chi connectivity index (χ2v) is 9.49. The van der Waals surface area contributed by atoms with E-state index in [1.165, 1.54) is 19.3 Å². The monoisotopic (exact) mass is 312 g/mol. The third kappa shape index (κ3) is 9.48. The first-order chi connectivity index (χ1) is 9.88. The van der Waals surface area contributed by atoms with Crippen LogP contribution in [-0.4, -0.2) is 11.1 Å². The Labute approximate surface area is 139 Å². The Morgan fingerprint density at radius 2 is 1.55 bits per heavy atom. The van der Waals surface area contributed by atoms with Gasteiger partial charge in [0.1, 0.15) is 0 Å². The Hall–Kier alpha value is -0.530. The summed E-state index contributed by atoms with van der Waals surface area (Å²) in [5, 5.41) is 9.57. The number of carboxylic acid groups (broad SMARTS) is 1. The lowest BCUT2D eigenvalue weighted by molar-refractivity contribution is -0.144. The fourth-order valence-corrected chi connectivity index (χ4v) is 4.05.